The van der Waals surface area contributed by atoms with Crippen LogP contribution in [0.4, 0.5) is 17.3 Å². The summed E-state index contributed by atoms with van der Waals surface area (Å²) in [5, 5.41) is 19.8. The molecule has 17 heavy (non-hydrogen) atoms. The number of anilines is 2. The number of aliphatic hydroxyl groups excluding tert-OH is 1. The Morgan fingerprint density at radius 2 is 2.29 bits per heavy atom. The van der Waals surface area contributed by atoms with Gasteiger partial charge in [0, 0.05) is 13.6 Å². The monoisotopic (exact) mass is 240 g/mol. The molecule has 7 heteroatoms. The third kappa shape index (κ3) is 3.87. The van der Waals surface area contributed by atoms with E-state index in [-0.39, 0.29) is 11.5 Å². The summed E-state index contributed by atoms with van der Waals surface area (Å²) in [7, 11) is 1.74. The van der Waals surface area contributed by atoms with Crippen molar-refractivity contribution in [2.75, 3.05) is 24.2 Å². The van der Waals surface area contributed by atoms with Gasteiger partial charge in [-0.3, -0.25) is 10.1 Å². The van der Waals surface area contributed by atoms with Gasteiger partial charge in [0.2, 0.25) is 0 Å². The van der Waals surface area contributed by atoms with Gasteiger partial charge < -0.3 is 15.7 Å². The third-order valence-corrected chi connectivity index (χ3v) is 2.30. The van der Waals surface area contributed by atoms with Gasteiger partial charge in [-0.15, -0.1) is 0 Å². The van der Waals surface area contributed by atoms with Gasteiger partial charge in [-0.2, -0.15) is 0 Å². The zero-order chi connectivity index (χ0) is 13.0. The van der Waals surface area contributed by atoms with E-state index in [4.69, 9.17) is 10.8 Å². The van der Waals surface area contributed by atoms with Crippen LogP contribution in [0.2, 0.25) is 0 Å². The number of nitrogens with zero attached hydrogens (tertiary/aromatic N) is 3. The minimum atomic E-state index is -0.510. The Kier molecular flexibility index (Phi) is 4.22. The molecule has 3 N–H and O–H groups in total. The molecule has 0 saturated heterocycles. The number of aliphatic hydroxyl groups is 1. The highest BCUT2D eigenvalue weighted by Gasteiger charge is 2.12. The lowest BCUT2D eigenvalue weighted by molar-refractivity contribution is -0.384. The van der Waals surface area contributed by atoms with Crippen molar-refractivity contribution in [3.05, 3.63) is 22.2 Å². The molecule has 7 nitrogen and oxygen atoms in total. The van der Waals surface area contributed by atoms with Crippen LogP contribution in [0, 0.1) is 10.1 Å². The van der Waals surface area contributed by atoms with Crippen LogP contribution < -0.4 is 10.6 Å². The first kappa shape index (κ1) is 13.2. The fraction of sp³-hybridized carbons (Fsp3) is 0.500. The molecule has 1 atom stereocenters. The van der Waals surface area contributed by atoms with E-state index in [0.29, 0.717) is 18.8 Å². The highest BCUT2D eigenvalue weighted by Crippen LogP contribution is 2.21. The molecule has 94 valence electrons. The fourth-order valence-electron chi connectivity index (χ4n) is 1.32. The van der Waals surface area contributed by atoms with E-state index < -0.39 is 11.0 Å². The standard InChI is InChI=1S/C10H16N4O3/c1-7(15)3-4-13(2)10-6-8(14(16)17)5-9(11)12-10/h5-7,15H,3-4H2,1-2H3,(H2,11,12). The van der Waals surface area contributed by atoms with Crippen LogP contribution >= 0.6 is 0 Å². The van der Waals surface area contributed by atoms with Gasteiger partial charge in [-0.25, -0.2) is 4.98 Å². The van der Waals surface area contributed by atoms with Crippen molar-refractivity contribution < 1.29 is 10.0 Å². The molecule has 0 radical (unpaired) electrons. The Hall–Kier alpha value is -1.89. The normalized spacial score (nSPS) is 12.2. The second-order valence-corrected chi connectivity index (χ2v) is 3.92. The zero-order valence-corrected chi connectivity index (χ0v) is 9.83. The van der Waals surface area contributed by atoms with Crippen LogP contribution in [-0.2, 0) is 0 Å². The molecule has 0 aliphatic carbocycles. The van der Waals surface area contributed by atoms with Crippen molar-refractivity contribution in [1.29, 1.82) is 0 Å². The van der Waals surface area contributed by atoms with Crippen molar-refractivity contribution >= 4 is 17.3 Å². The second kappa shape index (κ2) is 5.44. The predicted molar refractivity (Wildman–Crippen MR) is 64.9 cm³/mol. The Morgan fingerprint density at radius 3 is 2.82 bits per heavy atom. The maximum absolute atomic E-state index is 10.7. The van der Waals surface area contributed by atoms with Crippen molar-refractivity contribution in [1.82, 2.24) is 4.98 Å². The summed E-state index contributed by atoms with van der Waals surface area (Å²) >= 11 is 0. The van der Waals surface area contributed by atoms with Crippen molar-refractivity contribution in [3.63, 3.8) is 0 Å². The Labute approximate surface area is 99.0 Å². The molecule has 0 aromatic carbocycles. The van der Waals surface area contributed by atoms with E-state index in [2.05, 4.69) is 4.98 Å². The number of hydrogen-bond acceptors (Lipinski definition) is 6. The Morgan fingerprint density at radius 1 is 1.65 bits per heavy atom. The lowest BCUT2D eigenvalue weighted by Crippen LogP contribution is -2.23. The minimum Gasteiger partial charge on any atom is -0.393 e. The van der Waals surface area contributed by atoms with Crippen LogP contribution in [0.25, 0.3) is 0 Å². The molecule has 0 bridgehead atoms. The number of nitrogens with two attached hydrogens (primary N) is 1. The zero-order valence-electron chi connectivity index (χ0n) is 9.83. The van der Waals surface area contributed by atoms with Crippen molar-refractivity contribution in [3.8, 4) is 0 Å². The van der Waals surface area contributed by atoms with Gasteiger partial charge in [0.25, 0.3) is 5.69 Å². The van der Waals surface area contributed by atoms with E-state index in [1.807, 2.05) is 0 Å². The van der Waals surface area contributed by atoms with Gasteiger partial charge >= 0.3 is 0 Å². The molecule has 0 saturated carbocycles. The van der Waals surface area contributed by atoms with Crippen LogP contribution in [0.1, 0.15) is 13.3 Å². The van der Waals surface area contributed by atoms with E-state index in [1.165, 1.54) is 12.1 Å². The lowest BCUT2D eigenvalue weighted by atomic mass is 10.2. The first-order valence-corrected chi connectivity index (χ1v) is 5.21. The summed E-state index contributed by atoms with van der Waals surface area (Å²) < 4.78 is 0. The SMILES string of the molecule is CC(O)CCN(C)c1cc([N+](=O)[O-])cc(N)n1. The van der Waals surface area contributed by atoms with Crippen molar-refractivity contribution in [2.45, 2.75) is 19.4 Å². The largest absolute Gasteiger partial charge is 0.393 e. The van der Waals surface area contributed by atoms with Crippen LogP contribution in [0.15, 0.2) is 12.1 Å². The summed E-state index contributed by atoms with van der Waals surface area (Å²) in [6.07, 6.45) is 0.134. The molecule has 1 rings (SSSR count). The molecule has 1 aromatic heterocycles. The van der Waals surface area contributed by atoms with E-state index in [9.17, 15) is 10.1 Å². The van der Waals surface area contributed by atoms with E-state index >= 15 is 0 Å². The second-order valence-electron chi connectivity index (χ2n) is 3.92. The summed E-state index contributed by atoms with van der Waals surface area (Å²) in [6.45, 7) is 2.23. The number of rotatable bonds is 5. The van der Waals surface area contributed by atoms with E-state index in [1.54, 1.807) is 18.9 Å². The maximum Gasteiger partial charge on any atom is 0.276 e. The molecular formula is C10H16N4O3. The van der Waals surface area contributed by atoms with Gasteiger partial charge in [0.15, 0.2) is 0 Å². The summed E-state index contributed by atoms with van der Waals surface area (Å²) in [5.41, 5.74) is 5.41. The summed E-state index contributed by atoms with van der Waals surface area (Å²) in [6, 6.07) is 2.57. The highest BCUT2D eigenvalue weighted by atomic mass is 16.6. The Bertz CT molecular complexity index is 409. The Balaban J connectivity index is 2.86. The predicted octanol–water partition coefficient (Wildman–Crippen LogP) is 0.779. The molecule has 0 amide bonds. The van der Waals surface area contributed by atoms with Crippen LogP contribution in [0.5, 0.6) is 0 Å². The number of nitro groups is 1. The number of nitrogen functional groups attached to an aromatic ring is 1. The average molecular weight is 240 g/mol. The molecule has 1 unspecified atom stereocenters. The average Bonchev–Trinajstić information content (AvgIpc) is 2.24. The number of hydrogen-bond donors (Lipinski definition) is 2. The van der Waals surface area contributed by atoms with Gasteiger partial charge in [0.05, 0.1) is 23.2 Å². The molecule has 0 aliphatic rings. The quantitative estimate of drug-likeness (QED) is 0.582. The summed E-state index contributed by atoms with van der Waals surface area (Å²) in [5.74, 6) is 0.537. The first-order chi connectivity index (χ1) is 7.90. The first-order valence-electron chi connectivity index (χ1n) is 5.21. The third-order valence-electron chi connectivity index (χ3n) is 2.30. The van der Waals surface area contributed by atoms with Crippen LogP contribution in [-0.4, -0.2) is 34.7 Å². The van der Waals surface area contributed by atoms with Crippen molar-refractivity contribution in [2.24, 2.45) is 0 Å². The summed E-state index contributed by atoms with van der Waals surface area (Å²) in [4.78, 5) is 15.9. The van der Waals surface area contributed by atoms with Gasteiger partial charge in [0.1, 0.15) is 11.6 Å². The highest BCUT2D eigenvalue weighted by molar-refractivity contribution is 5.53. The minimum absolute atomic E-state index is 0.0867. The van der Waals surface area contributed by atoms with Crippen LogP contribution in [0.3, 0.4) is 0 Å². The van der Waals surface area contributed by atoms with E-state index in [0.717, 1.165) is 0 Å². The molecule has 0 spiro atoms. The maximum atomic E-state index is 10.7. The smallest absolute Gasteiger partial charge is 0.276 e. The molecule has 1 aromatic rings. The number of pyridine rings is 1. The molecular weight excluding hydrogens is 224 g/mol. The topological polar surface area (TPSA) is 106 Å². The molecule has 1 heterocycles. The molecule has 0 fully saturated rings. The molecule has 0 aliphatic heterocycles. The number of aromatic nitrogens is 1. The van der Waals surface area contributed by atoms with Gasteiger partial charge in [-0.05, 0) is 13.3 Å². The fourth-order valence-corrected chi connectivity index (χ4v) is 1.32. The van der Waals surface area contributed by atoms with Gasteiger partial charge in [-0.1, -0.05) is 0 Å². The lowest BCUT2D eigenvalue weighted by Gasteiger charge is -2.18.